The summed E-state index contributed by atoms with van der Waals surface area (Å²) in [5, 5.41) is 14.4. The van der Waals surface area contributed by atoms with Crippen LogP contribution in [-0.2, 0) is 4.79 Å². The van der Waals surface area contributed by atoms with E-state index in [1.807, 2.05) is 13.8 Å². The lowest BCUT2D eigenvalue weighted by molar-refractivity contribution is -0.115. The van der Waals surface area contributed by atoms with E-state index in [9.17, 15) is 9.59 Å². The number of carboxylic acids is 1. The van der Waals surface area contributed by atoms with E-state index in [-0.39, 0.29) is 18.0 Å². The maximum atomic E-state index is 11.5. The van der Waals surface area contributed by atoms with Crippen LogP contribution in [0, 0.1) is 6.92 Å². The zero-order chi connectivity index (χ0) is 12.8. The minimum atomic E-state index is -1.01. The monoisotopic (exact) mass is 236 g/mol. The summed E-state index contributed by atoms with van der Waals surface area (Å²) in [6.45, 7) is 4.65. The molecule has 0 bridgehead atoms. The fourth-order valence-electron chi connectivity index (χ4n) is 1.32. The average molecular weight is 236 g/mol. The van der Waals surface area contributed by atoms with E-state index in [4.69, 9.17) is 5.11 Å². The lowest BCUT2D eigenvalue weighted by atomic mass is 10.1. The first-order valence-electron chi connectivity index (χ1n) is 5.39. The van der Waals surface area contributed by atoms with Gasteiger partial charge in [-0.05, 0) is 31.2 Å². The van der Waals surface area contributed by atoms with Gasteiger partial charge in [-0.25, -0.2) is 4.79 Å². The lowest BCUT2D eigenvalue weighted by Gasteiger charge is -2.09. The van der Waals surface area contributed by atoms with Crippen LogP contribution in [0.1, 0.15) is 22.8 Å². The molecule has 0 aromatic heterocycles. The number of likely N-dealkylation sites (N-methyl/N-ethyl adjacent to an activating group) is 1. The molecule has 5 heteroatoms. The van der Waals surface area contributed by atoms with Crippen LogP contribution >= 0.6 is 0 Å². The van der Waals surface area contributed by atoms with Gasteiger partial charge in [0.2, 0.25) is 5.91 Å². The first-order valence-corrected chi connectivity index (χ1v) is 5.39. The quantitative estimate of drug-likeness (QED) is 0.718. The average Bonchev–Trinajstić information content (AvgIpc) is 2.29. The van der Waals surface area contributed by atoms with Crippen molar-refractivity contribution in [2.45, 2.75) is 13.8 Å². The number of hydrogen-bond donors (Lipinski definition) is 3. The maximum absolute atomic E-state index is 11.5. The van der Waals surface area contributed by atoms with Crippen LogP contribution in [-0.4, -0.2) is 30.1 Å². The number of nitrogens with one attached hydrogen (secondary N) is 2. The molecule has 0 aliphatic rings. The number of carbonyl (C=O) groups excluding carboxylic acids is 1. The molecule has 1 amide bonds. The molecular formula is C12H16N2O3. The van der Waals surface area contributed by atoms with Crippen molar-refractivity contribution in [3.8, 4) is 0 Å². The minimum Gasteiger partial charge on any atom is -0.478 e. The smallest absolute Gasteiger partial charge is 0.335 e. The third kappa shape index (κ3) is 3.88. The van der Waals surface area contributed by atoms with Gasteiger partial charge in [0.1, 0.15) is 0 Å². The summed E-state index contributed by atoms with van der Waals surface area (Å²) in [4.78, 5) is 22.3. The summed E-state index contributed by atoms with van der Waals surface area (Å²) in [6, 6.07) is 4.64. The Bertz CT molecular complexity index is 430. The van der Waals surface area contributed by atoms with E-state index >= 15 is 0 Å². The molecule has 0 saturated carbocycles. The molecule has 1 rings (SSSR count). The largest absolute Gasteiger partial charge is 0.478 e. The zero-order valence-corrected chi connectivity index (χ0v) is 9.91. The topological polar surface area (TPSA) is 78.4 Å². The molecule has 0 aliphatic heterocycles. The molecule has 3 N–H and O–H groups in total. The Morgan fingerprint density at radius 1 is 1.35 bits per heavy atom. The van der Waals surface area contributed by atoms with Crippen molar-refractivity contribution in [3.63, 3.8) is 0 Å². The summed E-state index contributed by atoms with van der Waals surface area (Å²) < 4.78 is 0. The fraction of sp³-hybridized carbons (Fsp3) is 0.333. The Morgan fingerprint density at radius 2 is 2.06 bits per heavy atom. The summed E-state index contributed by atoms with van der Waals surface area (Å²) in [5.74, 6) is -1.19. The Hall–Kier alpha value is -1.88. The summed E-state index contributed by atoms with van der Waals surface area (Å²) >= 11 is 0. The van der Waals surface area contributed by atoms with E-state index in [1.54, 1.807) is 6.07 Å². The van der Waals surface area contributed by atoms with Gasteiger partial charge in [-0.3, -0.25) is 4.79 Å². The molecular weight excluding hydrogens is 220 g/mol. The Balaban J connectivity index is 2.79. The molecule has 0 fully saturated rings. The minimum absolute atomic E-state index is 0.161. The number of aryl methyl sites for hydroxylation is 1. The van der Waals surface area contributed by atoms with Gasteiger partial charge in [0.05, 0.1) is 12.1 Å². The number of carbonyl (C=O) groups is 2. The van der Waals surface area contributed by atoms with Crippen LogP contribution < -0.4 is 10.6 Å². The second-order valence-corrected chi connectivity index (χ2v) is 3.66. The molecule has 17 heavy (non-hydrogen) atoms. The van der Waals surface area contributed by atoms with Crippen molar-refractivity contribution in [1.82, 2.24) is 5.32 Å². The number of rotatable bonds is 5. The third-order valence-electron chi connectivity index (χ3n) is 2.29. The zero-order valence-electron chi connectivity index (χ0n) is 9.91. The predicted molar refractivity (Wildman–Crippen MR) is 65.3 cm³/mol. The molecule has 0 unspecified atom stereocenters. The van der Waals surface area contributed by atoms with Crippen molar-refractivity contribution in [2.75, 3.05) is 18.4 Å². The highest BCUT2D eigenvalue weighted by atomic mass is 16.4. The van der Waals surface area contributed by atoms with Gasteiger partial charge >= 0.3 is 5.97 Å². The van der Waals surface area contributed by atoms with Gasteiger partial charge in [-0.2, -0.15) is 0 Å². The summed E-state index contributed by atoms with van der Waals surface area (Å²) in [5.41, 5.74) is 1.53. The third-order valence-corrected chi connectivity index (χ3v) is 2.29. The first kappa shape index (κ1) is 13.2. The molecule has 0 spiro atoms. The van der Waals surface area contributed by atoms with Gasteiger partial charge in [0, 0.05) is 5.69 Å². The van der Waals surface area contributed by atoms with E-state index in [1.165, 1.54) is 12.1 Å². The normalized spacial score (nSPS) is 10.0. The Labute approximate surface area is 99.8 Å². The molecule has 0 aliphatic carbocycles. The van der Waals surface area contributed by atoms with Crippen LogP contribution in [0.3, 0.4) is 0 Å². The number of anilines is 1. The van der Waals surface area contributed by atoms with E-state index in [2.05, 4.69) is 10.6 Å². The van der Waals surface area contributed by atoms with Crippen molar-refractivity contribution < 1.29 is 14.7 Å². The predicted octanol–water partition coefficient (Wildman–Crippen LogP) is 1.24. The Kier molecular flexibility index (Phi) is 4.66. The number of carboxylic acid groups (broad SMARTS) is 1. The molecule has 1 aromatic rings. The highest BCUT2D eigenvalue weighted by molar-refractivity contribution is 5.95. The molecule has 0 saturated heterocycles. The second-order valence-electron chi connectivity index (χ2n) is 3.66. The standard InChI is InChI=1S/C12H16N2O3/c1-3-13-7-11(15)14-10-6-9(12(16)17)5-4-8(10)2/h4-6,13H,3,7H2,1-2H3,(H,14,15)(H,16,17). The summed E-state index contributed by atoms with van der Waals surface area (Å²) in [6.07, 6.45) is 0. The van der Waals surface area contributed by atoms with Gasteiger partial charge in [0.15, 0.2) is 0 Å². The molecule has 0 radical (unpaired) electrons. The van der Waals surface area contributed by atoms with Crippen molar-refractivity contribution in [2.24, 2.45) is 0 Å². The highest BCUT2D eigenvalue weighted by Crippen LogP contribution is 2.16. The van der Waals surface area contributed by atoms with E-state index < -0.39 is 5.97 Å². The van der Waals surface area contributed by atoms with Gasteiger partial charge in [0.25, 0.3) is 0 Å². The number of benzene rings is 1. The van der Waals surface area contributed by atoms with Crippen molar-refractivity contribution >= 4 is 17.6 Å². The molecule has 92 valence electrons. The van der Waals surface area contributed by atoms with E-state index in [0.717, 1.165) is 5.56 Å². The van der Waals surface area contributed by atoms with E-state index in [0.29, 0.717) is 12.2 Å². The fourth-order valence-corrected chi connectivity index (χ4v) is 1.32. The van der Waals surface area contributed by atoms with Crippen molar-refractivity contribution in [1.29, 1.82) is 0 Å². The lowest BCUT2D eigenvalue weighted by Crippen LogP contribution is -2.28. The van der Waals surface area contributed by atoms with Crippen LogP contribution in [0.25, 0.3) is 0 Å². The van der Waals surface area contributed by atoms with Crippen LogP contribution in [0.2, 0.25) is 0 Å². The van der Waals surface area contributed by atoms with Crippen LogP contribution in [0.4, 0.5) is 5.69 Å². The molecule has 5 nitrogen and oxygen atoms in total. The number of hydrogen-bond acceptors (Lipinski definition) is 3. The van der Waals surface area contributed by atoms with Crippen LogP contribution in [0.15, 0.2) is 18.2 Å². The maximum Gasteiger partial charge on any atom is 0.335 e. The van der Waals surface area contributed by atoms with Crippen LogP contribution in [0.5, 0.6) is 0 Å². The van der Waals surface area contributed by atoms with Gasteiger partial charge in [-0.15, -0.1) is 0 Å². The molecule has 1 aromatic carbocycles. The number of amides is 1. The Morgan fingerprint density at radius 3 is 2.65 bits per heavy atom. The van der Waals surface area contributed by atoms with Gasteiger partial charge in [-0.1, -0.05) is 13.0 Å². The summed E-state index contributed by atoms with van der Waals surface area (Å²) in [7, 11) is 0. The molecule has 0 atom stereocenters. The second kappa shape index (κ2) is 6.00. The SMILES string of the molecule is CCNCC(=O)Nc1cc(C(=O)O)ccc1C. The first-order chi connectivity index (χ1) is 8.04. The van der Waals surface area contributed by atoms with Crippen molar-refractivity contribution in [3.05, 3.63) is 29.3 Å². The number of aromatic carboxylic acids is 1. The molecule has 0 heterocycles. The highest BCUT2D eigenvalue weighted by Gasteiger charge is 2.08. The van der Waals surface area contributed by atoms with Gasteiger partial charge < -0.3 is 15.7 Å².